The molecular weight excluding hydrogens is 248 g/mol. The van der Waals surface area contributed by atoms with Gasteiger partial charge in [0.25, 0.3) is 0 Å². The second kappa shape index (κ2) is 6.40. The molecular formula is C13H14N2O4. The lowest BCUT2D eigenvalue weighted by molar-refractivity contribution is -0.135. The molecule has 0 saturated carbocycles. The topological polar surface area (TPSA) is 79.7 Å². The number of anilines is 1. The van der Waals surface area contributed by atoms with E-state index in [-0.39, 0.29) is 13.1 Å². The number of pyridine rings is 1. The molecule has 0 aromatic carbocycles. The number of methoxy groups -OCH3 is 1. The maximum absolute atomic E-state index is 11.4. The van der Waals surface area contributed by atoms with Crippen molar-refractivity contribution in [2.75, 3.05) is 25.1 Å². The minimum atomic E-state index is -1.01. The molecule has 0 atom stereocenters. The van der Waals surface area contributed by atoms with Gasteiger partial charge in [0.05, 0.1) is 24.9 Å². The maximum Gasteiger partial charge on any atom is 0.339 e. The van der Waals surface area contributed by atoms with Gasteiger partial charge in [-0.15, -0.1) is 6.42 Å². The smallest absolute Gasteiger partial charge is 0.339 e. The monoisotopic (exact) mass is 262 g/mol. The van der Waals surface area contributed by atoms with Crippen LogP contribution in [0.1, 0.15) is 16.1 Å². The number of aromatic nitrogens is 1. The fourth-order valence-electron chi connectivity index (χ4n) is 1.54. The molecule has 0 fully saturated rings. The number of hydrogen-bond donors (Lipinski definition) is 1. The summed E-state index contributed by atoms with van der Waals surface area (Å²) in [6, 6.07) is 3.08. The molecule has 100 valence electrons. The first-order valence-corrected chi connectivity index (χ1v) is 5.45. The molecule has 0 radical (unpaired) electrons. The predicted octanol–water partition coefficient (Wildman–Crippen LogP) is 0.701. The number of carbonyl (C=O) groups is 2. The Morgan fingerprint density at radius 3 is 2.68 bits per heavy atom. The largest absolute Gasteiger partial charge is 0.480 e. The highest BCUT2D eigenvalue weighted by molar-refractivity contribution is 5.90. The van der Waals surface area contributed by atoms with Crippen LogP contribution in [-0.4, -0.2) is 42.2 Å². The molecule has 1 rings (SSSR count). The van der Waals surface area contributed by atoms with E-state index in [1.54, 1.807) is 13.0 Å². The van der Waals surface area contributed by atoms with Crippen LogP contribution in [0.15, 0.2) is 12.1 Å². The Morgan fingerprint density at radius 1 is 1.53 bits per heavy atom. The van der Waals surface area contributed by atoms with Crippen LogP contribution in [0.4, 0.5) is 5.82 Å². The fourth-order valence-corrected chi connectivity index (χ4v) is 1.54. The summed E-state index contributed by atoms with van der Waals surface area (Å²) in [4.78, 5) is 27.8. The number of nitrogens with zero attached hydrogens (tertiary/aromatic N) is 2. The van der Waals surface area contributed by atoms with Crippen molar-refractivity contribution in [3.63, 3.8) is 0 Å². The molecule has 0 spiro atoms. The SMILES string of the molecule is C#CCN(CC(=O)O)c1ccc(C(=O)OC)c(C)n1. The number of esters is 1. The van der Waals surface area contributed by atoms with Gasteiger partial charge in [-0.05, 0) is 19.1 Å². The van der Waals surface area contributed by atoms with E-state index in [4.69, 9.17) is 11.5 Å². The van der Waals surface area contributed by atoms with Gasteiger partial charge < -0.3 is 14.7 Å². The number of aryl methyl sites for hydroxylation is 1. The minimum absolute atomic E-state index is 0.121. The molecule has 0 bridgehead atoms. The van der Waals surface area contributed by atoms with E-state index in [1.807, 2.05) is 0 Å². The van der Waals surface area contributed by atoms with Crippen molar-refractivity contribution in [1.82, 2.24) is 4.98 Å². The Bertz CT molecular complexity index is 534. The van der Waals surface area contributed by atoms with Gasteiger partial charge >= 0.3 is 11.9 Å². The Balaban J connectivity index is 3.06. The van der Waals surface area contributed by atoms with E-state index in [0.29, 0.717) is 17.1 Å². The van der Waals surface area contributed by atoms with Gasteiger partial charge in [0.2, 0.25) is 0 Å². The second-order valence-corrected chi connectivity index (χ2v) is 3.75. The number of carboxylic acids is 1. The average molecular weight is 262 g/mol. The summed E-state index contributed by atoms with van der Waals surface area (Å²) < 4.78 is 4.61. The summed E-state index contributed by atoms with van der Waals surface area (Å²) in [6.45, 7) is 1.51. The zero-order valence-electron chi connectivity index (χ0n) is 10.7. The number of terminal acetylenes is 1. The highest BCUT2D eigenvalue weighted by Gasteiger charge is 2.15. The number of rotatable bonds is 5. The first-order chi connectivity index (χ1) is 8.99. The van der Waals surface area contributed by atoms with Gasteiger partial charge in [-0.25, -0.2) is 9.78 Å². The summed E-state index contributed by atoms with van der Waals surface area (Å²) in [5.74, 6) is 1.28. The molecule has 0 aliphatic heterocycles. The number of ether oxygens (including phenoxy) is 1. The zero-order valence-corrected chi connectivity index (χ0v) is 10.7. The Hall–Kier alpha value is -2.55. The highest BCUT2D eigenvalue weighted by atomic mass is 16.5. The Morgan fingerprint density at radius 2 is 2.21 bits per heavy atom. The first kappa shape index (κ1) is 14.5. The molecule has 19 heavy (non-hydrogen) atoms. The summed E-state index contributed by atoms with van der Waals surface area (Å²) in [6.07, 6.45) is 5.19. The van der Waals surface area contributed by atoms with E-state index in [0.717, 1.165) is 0 Å². The van der Waals surface area contributed by atoms with Crippen molar-refractivity contribution in [3.05, 3.63) is 23.4 Å². The molecule has 1 heterocycles. The van der Waals surface area contributed by atoms with Crippen LogP contribution in [0, 0.1) is 19.3 Å². The molecule has 6 nitrogen and oxygen atoms in total. The Labute approximate surface area is 111 Å². The van der Waals surface area contributed by atoms with Crippen molar-refractivity contribution in [1.29, 1.82) is 0 Å². The maximum atomic E-state index is 11.4. The summed E-state index contributed by atoms with van der Waals surface area (Å²) in [7, 11) is 1.28. The normalized spacial score (nSPS) is 9.53. The van der Waals surface area contributed by atoms with Crippen LogP contribution in [0.25, 0.3) is 0 Å². The van der Waals surface area contributed by atoms with E-state index < -0.39 is 11.9 Å². The highest BCUT2D eigenvalue weighted by Crippen LogP contribution is 2.15. The number of carboxylic acid groups (broad SMARTS) is 1. The van der Waals surface area contributed by atoms with Gasteiger partial charge in [-0.2, -0.15) is 0 Å². The number of carbonyl (C=O) groups excluding carboxylic acids is 1. The van der Waals surface area contributed by atoms with Gasteiger partial charge in [-0.1, -0.05) is 5.92 Å². The van der Waals surface area contributed by atoms with Gasteiger partial charge in [0, 0.05) is 0 Å². The van der Waals surface area contributed by atoms with Crippen LogP contribution in [0.2, 0.25) is 0 Å². The van der Waals surface area contributed by atoms with Crippen molar-refractivity contribution < 1.29 is 19.4 Å². The van der Waals surface area contributed by atoms with E-state index in [2.05, 4.69) is 15.6 Å². The molecule has 0 unspecified atom stereocenters. The third-order valence-corrected chi connectivity index (χ3v) is 2.41. The van der Waals surface area contributed by atoms with Crippen LogP contribution in [0.3, 0.4) is 0 Å². The van der Waals surface area contributed by atoms with Crippen molar-refractivity contribution >= 4 is 17.8 Å². The zero-order chi connectivity index (χ0) is 14.4. The van der Waals surface area contributed by atoms with Crippen LogP contribution < -0.4 is 4.90 Å². The molecule has 6 heteroatoms. The van der Waals surface area contributed by atoms with E-state index in [1.165, 1.54) is 18.1 Å². The summed E-state index contributed by atoms with van der Waals surface area (Å²) in [5.41, 5.74) is 0.791. The van der Waals surface area contributed by atoms with E-state index in [9.17, 15) is 9.59 Å². The van der Waals surface area contributed by atoms with Crippen molar-refractivity contribution in [3.8, 4) is 12.3 Å². The van der Waals surface area contributed by atoms with Crippen LogP contribution in [0.5, 0.6) is 0 Å². The van der Waals surface area contributed by atoms with Gasteiger partial charge in [-0.3, -0.25) is 4.79 Å². The van der Waals surface area contributed by atoms with Crippen molar-refractivity contribution in [2.24, 2.45) is 0 Å². The third-order valence-electron chi connectivity index (χ3n) is 2.41. The Kier molecular flexibility index (Phi) is 4.89. The fraction of sp³-hybridized carbons (Fsp3) is 0.308. The molecule has 0 saturated heterocycles. The standard InChI is InChI=1S/C13H14N2O4/c1-4-7-15(8-12(16)17)11-6-5-10(9(2)14-11)13(18)19-3/h1,5-6H,7-8H2,2-3H3,(H,16,17). The lowest BCUT2D eigenvalue weighted by Gasteiger charge is -2.19. The molecule has 1 N–H and O–H groups in total. The molecule has 0 amide bonds. The van der Waals surface area contributed by atoms with Crippen LogP contribution >= 0.6 is 0 Å². The first-order valence-electron chi connectivity index (χ1n) is 5.45. The lowest BCUT2D eigenvalue weighted by atomic mass is 10.2. The minimum Gasteiger partial charge on any atom is -0.480 e. The van der Waals surface area contributed by atoms with Gasteiger partial charge in [0.1, 0.15) is 12.4 Å². The van der Waals surface area contributed by atoms with Crippen LogP contribution in [-0.2, 0) is 9.53 Å². The van der Waals surface area contributed by atoms with Gasteiger partial charge in [0.15, 0.2) is 0 Å². The molecule has 0 aliphatic rings. The van der Waals surface area contributed by atoms with Crippen molar-refractivity contribution in [2.45, 2.75) is 6.92 Å². The third kappa shape index (κ3) is 3.71. The number of hydrogen-bond acceptors (Lipinski definition) is 5. The molecule has 0 aliphatic carbocycles. The van der Waals surface area contributed by atoms with E-state index >= 15 is 0 Å². The number of aliphatic carboxylic acids is 1. The lowest BCUT2D eigenvalue weighted by Crippen LogP contribution is -2.31. The average Bonchev–Trinajstić information content (AvgIpc) is 2.36. The quantitative estimate of drug-likeness (QED) is 0.621. The predicted molar refractivity (Wildman–Crippen MR) is 69.0 cm³/mol. The second-order valence-electron chi connectivity index (χ2n) is 3.75. The molecule has 1 aromatic heterocycles. The summed E-state index contributed by atoms with van der Waals surface area (Å²) in [5, 5.41) is 8.81. The summed E-state index contributed by atoms with van der Waals surface area (Å²) >= 11 is 0. The molecule has 1 aromatic rings.